The van der Waals surface area contributed by atoms with Crippen LogP contribution in [-0.4, -0.2) is 44.6 Å². The van der Waals surface area contributed by atoms with E-state index in [1.807, 2.05) is 0 Å². The molecule has 122 valence electrons. The molecule has 1 atom stereocenters. The van der Waals surface area contributed by atoms with Gasteiger partial charge in [-0.1, -0.05) is 19.1 Å². The van der Waals surface area contributed by atoms with Gasteiger partial charge in [-0.05, 0) is 31.4 Å². The Morgan fingerprint density at radius 3 is 2.41 bits per heavy atom. The molecule has 1 aliphatic rings. The van der Waals surface area contributed by atoms with E-state index in [0.717, 1.165) is 23.4 Å². The molecule has 0 spiro atoms. The summed E-state index contributed by atoms with van der Waals surface area (Å²) in [4.78, 5) is 14.3. The molecule has 1 aromatic carbocycles. The van der Waals surface area contributed by atoms with Crippen LogP contribution in [0.3, 0.4) is 0 Å². The first-order chi connectivity index (χ1) is 10.4. The smallest absolute Gasteiger partial charge is 0.246 e. The summed E-state index contributed by atoms with van der Waals surface area (Å²) in [7, 11) is -3.78. The van der Waals surface area contributed by atoms with Gasteiger partial charge in [-0.25, -0.2) is 12.8 Å². The highest BCUT2D eigenvalue weighted by Crippen LogP contribution is 2.26. The van der Waals surface area contributed by atoms with E-state index in [-0.39, 0.29) is 18.0 Å². The summed E-state index contributed by atoms with van der Waals surface area (Å²) in [5.41, 5.74) is -0.0793. The maximum absolute atomic E-state index is 14.1. The van der Waals surface area contributed by atoms with Gasteiger partial charge in [0.25, 0.3) is 0 Å². The van der Waals surface area contributed by atoms with Crippen LogP contribution in [0.2, 0.25) is 0 Å². The number of benzene rings is 1. The minimum absolute atomic E-state index is 0.0793. The lowest BCUT2D eigenvalue weighted by atomic mass is 10.1. The van der Waals surface area contributed by atoms with Crippen LogP contribution in [0.5, 0.6) is 0 Å². The van der Waals surface area contributed by atoms with Crippen molar-refractivity contribution in [2.75, 3.05) is 23.7 Å². The number of likely N-dealkylation sites (tertiary alicyclic amines) is 1. The van der Waals surface area contributed by atoms with Crippen molar-refractivity contribution in [2.24, 2.45) is 0 Å². The zero-order chi connectivity index (χ0) is 16.3. The summed E-state index contributed by atoms with van der Waals surface area (Å²) in [6, 6.07) is 4.72. The molecule has 5 nitrogen and oxygen atoms in total. The van der Waals surface area contributed by atoms with Gasteiger partial charge in [0.2, 0.25) is 15.9 Å². The van der Waals surface area contributed by atoms with Crippen LogP contribution >= 0.6 is 0 Å². The van der Waals surface area contributed by atoms with E-state index in [0.29, 0.717) is 13.1 Å². The molecule has 1 saturated heterocycles. The van der Waals surface area contributed by atoms with Crippen LogP contribution in [0.15, 0.2) is 24.3 Å². The number of sulfonamides is 1. The normalized spacial score (nSPS) is 16.6. The van der Waals surface area contributed by atoms with Crippen molar-refractivity contribution < 1.29 is 17.6 Å². The number of halogens is 1. The van der Waals surface area contributed by atoms with Crippen LogP contribution in [-0.2, 0) is 14.8 Å². The van der Waals surface area contributed by atoms with E-state index in [2.05, 4.69) is 0 Å². The van der Waals surface area contributed by atoms with E-state index in [9.17, 15) is 17.6 Å². The van der Waals surface area contributed by atoms with E-state index >= 15 is 0 Å². The Kier molecular flexibility index (Phi) is 5.05. The Morgan fingerprint density at radius 2 is 1.91 bits per heavy atom. The number of hydrogen-bond donors (Lipinski definition) is 0. The average molecular weight is 328 g/mol. The topological polar surface area (TPSA) is 57.7 Å². The predicted octanol–water partition coefficient (Wildman–Crippen LogP) is 1.99. The SMILES string of the molecule is CC[C@@H](C(=O)N1CCCC1)N(c1ccccc1F)S(C)(=O)=O. The number of hydrogen-bond acceptors (Lipinski definition) is 3. The molecule has 0 bridgehead atoms. The third kappa shape index (κ3) is 3.40. The van der Waals surface area contributed by atoms with Crippen molar-refractivity contribution in [2.45, 2.75) is 32.2 Å². The lowest BCUT2D eigenvalue weighted by Crippen LogP contribution is -2.50. The maximum Gasteiger partial charge on any atom is 0.246 e. The lowest BCUT2D eigenvalue weighted by molar-refractivity contribution is -0.131. The van der Waals surface area contributed by atoms with Gasteiger partial charge in [-0.3, -0.25) is 9.10 Å². The van der Waals surface area contributed by atoms with E-state index in [1.54, 1.807) is 17.9 Å². The summed E-state index contributed by atoms with van der Waals surface area (Å²) in [6.07, 6.45) is 3.12. The minimum atomic E-state index is -3.78. The summed E-state index contributed by atoms with van der Waals surface area (Å²) in [6.45, 7) is 2.99. The highest BCUT2D eigenvalue weighted by Gasteiger charge is 2.36. The Balaban J connectivity index is 2.43. The van der Waals surface area contributed by atoms with Crippen molar-refractivity contribution in [3.05, 3.63) is 30.1 Å². The van der Waals surface area contributed by atoms with Gasteiger partial charge < -0.3 is 4.90 Å². The molecule has 0 saturated carbocycles. The standard InChI is InChI=1S/C15H21FN2O3S/c1-3-13(15(19)17-10-6-7-11-17)18(22(2,20)21)14-9-5-4-8-12(14)16/h4-5,8-9,13H,3,6-7,10-11H2,1-2H3/t13-/m0/s1. The number of carbonyl (C=O) groups excluding carboxylic acids is 1. The van der Waals surface area contributed by atoms with Crippen molar-refractivity contribution in [3.8, 4) is 0 Å². The minimum Gasteiger partial charge on any atom is -0.341 e. The third-order valence-electron chi connectivity index (χ3n) is 3.82. The van der Waals surface area contributed by atoms with Gasteiger partial charge in [-0.15, -0.1) is 0 Å². The van der Waals surface area contributed by atoms with Crippen molar-refractivity contribution >= 4 is 21.6 Å². The van der Waals surface area contributed by atoms with E-state index in [4.69, 9.17) is 0 Å². The van der Waals surface area contributed by atoms with E-state index in [1.165, 1.54) is 18.2 Å². The summed E-state index contributed by atoms with van der Waals surface area (Å²) in [5, 5.41) is 0. The van der Waals surface area contributed by atoms with Gasteiger partial charge in [0.05, 0.1) is 11.9 Å². The Morgan fingerprint density at radius 1 is 1.32 bits per heavy atom. The molecule has 1 fully saturated rings. The highest BCUT2D eigenvalue weighted by atomic mass is 32.2. The van der Waals surface area contributed by atoms with Crippen molar-refractivity contribution in [1.82, 2.24) is 4.90 Å². The number of carbonyl (C=O) groups is 1. The fourth-order valence-electron chi connectivity index (χ4n) is 2.80. The molecular formula is C15H21FN2O3S. The molecule has 2 rings (SSSR count). The largest absolute Gasteiger partial charge is 0.341 e. The van der Waals surface area contributed by atoms with Crippen LogP contribution in [0, 0.1) is 5.82 Å². The average Bonchev–Trinajstić information content (AvgIpc) is 2.98. The fourth-order valence-corrected chi connectivity index (χ4v) is 4.00. The quantitative estimate of drug-likeness (QED) is 0.830. The Bertz CT molecular complexity index is 642. The maximum atomic E-state index is 14.1. The second kappa shape index (κ2) is 6.64. The second-order valence-corrected chi connectivity index (χ2v) is 7.33. The molecule has 1 amide bonds. The molecular weight excluding hydrogens is 307 g/mol. The van der Waals surface area contributed by atoms with Gasteiger partial charge in [-0.2, -0.15) is 0 Å². The predicted molar refractivity (Wildman–Crippen MR) is 83.6 cm³/mol. The molecule has 0 aromatic heterocycles. The number of amides is 1. The first-order valence-corrected chi connectivity index (χ1v) is 9.23. The fraction of sp³-hybridized carbons (Fsp3) is 0.533. The summed E-state index contributed by atoms with van der Waals surface area (Å²) < 4.78 is 39.4. The monoisotopic (exact) mass is 328 g/mol. The lowest BCUT2D eigenvalue weighted by Gasteiger charge is -2.32. The van der Waals surface area contributed by atoms with Crippen molar-refractivity contribution in [1.29, 1.82) is 0 Å². The summed E-state index contributed by atoms with van der Waals surface area (Å²) >= 11 is 0. The Labute approximate surface area is 130 Å². The number of anilines is 1. The zero-order valence-electron chi connectivity index (χ0n) is 12.8. The molecule has 0 N–H and O–H groups in total. The second-order valence-electron chi connectivity index (χ2n) is 5.47. The molecule has 0 unspecified atom stereocenters. The van der Waals surface area contributed by atoms with Crippen molar-refractivity contribution in [3.63, 3.8) is 0 Å². The highest BCUT2D eigenvalue weighted by molar-refractivity contribution is 7.92. The number of nitrogens with zero attached hydrogens (tertiary/aromatic N) is 2. The molecule has 0 aliphatic carbocycles. The third-order valence-corrected chi connectivity index (χ3v) is 4.99. The van der Waals surface area contributed by atoms with Crippen LogP contribution < -0.4 is 4.31 Å². The molecule has 22 heavy (non-hydrogen) atoms. The van der Waals surface area contributed by atoms with Gasteiger partial charge in [0, 0.05) is 13.1 Å². The number of para-hydroxylation sites is 1. The van der Waals surface area contributed by atoms with Gasteiger partial charge >= 0.3 is 0 Å². The van der Waals surface area contributed by atoms with Crippen LogP contribution in [0.4, 0.5) is 10.1 Å². The summed E-state index contributed by atoms with van der Waals surface area (Å²) in [5.74, 6) is -0.908. The first-order valence-electron chi connectivity index (χ1n) is 7.39. The van der Waals surface area contributed by atoms with Crippen LogP contribution in [0.1, 0.15) is 26.2 Å². The Hall–Kier alpha value is -1.63. The van der Waals surface area contributed by atoms with Crippen LogP contribution in [0.25, 0.3) is 0 Å². The van der Waals surface area contributed by atoms with E-state index < -0.39 is 21.9 Å². The number of rotatable bonds is 5. The van der Waals surface area contributed by atoms with Gasteiger partial charge in [0.15, 0.2) is 0 Å². The zero-order valence-corrected chi connectivity index (χ0v) is 13.6. The van der Waals surface area contributed by atoms with Gasteiger partial charge in [0.1, 0.15) is 11.9 Å². The molecule has 0 radical (unpaired) electrons. The molecule has 1 aliphatic heterocycles. The molecule has 7 heteroatoms. The molecule has 1 aromatic rings. The first kappa shape index (κ1) is 16.7. The molecule has 1 heterocycles.